The van der Waals surface area contributed by atoms with Gasteiger partial charge in [-0.1, -0.05) is 53.5 Å². The Hall–Kier alpha value is -1.51. The summed E-state index contributed by atoms with van der Waals surface area (Å²) < 4.78 is 5.57. The Morgan fingerprint density at radius 3 is 2.44 bits per heavy atom. The van der Waals surface area contributed by atoms with Gasteiger partial charge in [-0.3, -0.25) is 4.79 Å². The maximum Gasteiger partial charge on any atom is 0.153 e. The zero-order valence-corrected chi connectivity index (χ0v) is 10.9. The number of rotatable bonds is 4. The van der Waals surface area contributed by atoms with Crippen LogP contribution in [0.3, 0.4) is 0 Å². The predicted octanol–water partition coefficient (Wildman–Crippen LogP) is 4.38. The van der Waals surface area contributed by atoms with E-state index >= 15 is 0 Å². The van der Waals surface area contributed by atoms with Gasteiger partial charge in [0.25, 0.3) is 0 Å². The molecule has 2 nitrogen and oxygen atoms in total. The van der Waals surface area contributed by atoms with Crippen molar-refractivity contribution in [1.82, 2.24) is 0 Å². The summed E-state index contributed by atoms with van der Waals surface area (Å²) in [7, 11) is 0. The van der Waals surface area contributed by atoms with Crippen LogP contribution in [-0.2, 0) is 6.61 Å². The number of carbonyl (C=O) groups is 1. The van der Waals surface area contributed by atoms with E-state index in [9.17, 15) is 4.79 Å². The van der Waals surface area contributed by atoms with Gasteiger partial charge in [-0.2, -0.15) is 0 Å². The third kappa shape index (κ3) is 2.84. The van der Waals surface area contributed by atoms with Gasteiger partial charge in [0.2, 0.25) is 0 Å². The van der Waals surface area contributed by atoms with Crippen molar-refractivity contribution in [3.8, 4) is 5.75 Å². The lowest BCUT2D eigenvalue weighted by atomic mass is 10.2. The molecule has 0 atom stereocenters. The van der Waals surface area contributed by atoms with E-state index in [1.54, 1.807) is 12.1 Å². The summed E-state index contributed by atoms with van der Waals surface area (Å²) in [5, 5.41) is 0.565. The van der Waals surface area contributed by atoms with Crippen LogP contribution < -0.4 is 4.74 Å². The fraction of sp³-hybridized carbons (Fsp3) is 0.0714. The monoisotopic (exact) mass is 280 g/mol. The highest BCUT2D eigenvalue weighted by atomic mass is 35.5. The summed E-state index contributed by atoms with van der Waals surface area (Å²) >= 11 is 11.9. The first kappa shape index (κ1) is 12.9. The smallest absolute Gasteiger partial charge is 0.153 e. The van der Waals surface area contributed by atoms with Gasteiger partial charge in [0.1, 0.15) is 12.4 Å². The zero-order valence-electron chi connectivity index (χ0n) is 9.40. The van der Waals surface area contributed by atoms with E-state index in [0.717, 1.165) is 5.56 Å². The zero-order chi connectivity index (χ0) is 13.0. The molecular formula is C14H10Cl2O2. The topological polar surface area (TPSA) is 26.3 Å². The maximum absolute atomic E-state index is 10.9. The van der Waals surface area contributed by atoms with Crippen LogP contribution in [0, 0.1) is 0 Å². The Kier molecular flexibility index (Phi) is 4.24. The van der Waals surface area contributed by atoms with Gasteiger partial charge in [0.05, 0.1) is 15.6 Å². The average Bonchev–Trinajstić information content (AvgIpc) is 2.40. The summed E-state index contributed by atoms with van der Waals surface area (Å²) in [6.45, 7) is 0.389. The lowest BCUT2D eigenvalue weighted by Gasteiger charge is -2.10. The number of hydrogen-bond donors (Lipinski definition) is 0. The van der Waals surface area contributed by atoms with Crippen molar-refractivity contribution in [2.24, 2.45) is 0 Å². The first-order valence-electron chi connectivity index (χ1n) is 5.32. The molecule has 18 heavy (non-hydrogen) atoms. The second-order valence-electron chi connectivity index (χ2n) is 3.67. The number of hydrogen-bond acceptors (Lipinski definition) is 2. The minimum atomic E-state index is 0.244. The Balaban J connectivity index is 2.18. The number of carbonyl (C=O) groups excluding carboxylic acids is 1. The van der Waals surface area contributed by atoms with Gasteiger partial charge in [-0.15, -0.1) is 0 Å². The quantitative estimate of drug-likeness (QED) is 0.777. The lowest BCUT2D eigenvalue weighted by Crippen LogP contribution is -1.97. The number of aldehydes is 1. The summed E-state index contributed by atoms with van der Waals surface area (Å²) in [4.78, 5) is 10.9. The highest BCUT2D eigenvalue weighted by Crippen LogP contribution is 2.32. The lowest BCUT2D eigenvalue weighted by molar-refractivity contribution is 0.112. The van der Waals surface area contributed by atoms with Crippen LogP contribution in [0.1, 0.15) is 15.9 Å². The van der Waals surface area contributed by atoms with Gasteiger partial charge in [0, 0.05) is 0 Å². The molecular weight excluding hydrogens is 271 g/mol. The molecule has 0 aromatic heterocycles. The molecule has 0 aliphatic heterocycles. The number of ether oxygens (including phenoxy) is 1. The molecule has 0 fully saturated rings. The largest absolute Gasteiger partial charge is 0.487 e. The Bertz CT molecular complexity index is 553. The first-order chi connectivity index (χ1) is 8.72. The van der Waals surface area contributed by atoms with Crippen LogP contribution >= 0.6 is 23.2 Å². The van der Waals surface area contributed by atoms with E-state index in [2.05, 4.69) is 0 Å². The summed E-state index contributed by atoms with van der Waals surface area (Å²) in [6.07, 6.45) is 0.625. The molecule has 2 rings (SSSR count). The van der Waals surface area contributed by atoms with Crippen LogP contribution in [0.5, 0.6) is 5.75 Å². The molecule has 0 N–H and O–H groups in total. The van der Waals surface area contributed by atoms with Gasteiger partial charge >= 0.3 is 0 Å². The number of benzene rings is 2. The molecule has 0 saturated heterocycles. The van der Waals surface area contributed by atoms with Gasteiger partial charge in [-0.05, 0) is 17.7 Å². The van der Waals surface area contributed by atoms with E-state index in [-0.39, 0.29) is 10.6 Å². The molecule has 0 saturated carbocycles. The second kappa shape index (κ2) is 5.89. The normalized spacial score (nSPS) is 10.1. The molecule has 0 aliphatic rings. The van der Waals surface area contributed by atoms with Crippen molar-refractivity contribution in [1.29, 1.82) is 0 Å². The standard InChI is InChI=1S/C14H10Cl2O2/c15-12-6-7-13(14(16)11(12)8-17)18-9-10-4-2-1-3-5-10/h1-8H,9H2. The van der Waals surface area contributed by atoms with Crippen LogP contribution in [0.2, 0.25) is 10.0 Å². The van der Waals surface area contributed by atoms with Crippen LogP contribution in [0.25, 0.3) is 0 Å². The van der Waals surface area contributed by atoms with E-state index in [4.69, 9.17) is 27.9 Å². The number of halogens is 2. The van der Waals surface area contributed by atoms with Crippen LogP contribution in [0.4, 0.5) is 0 Å². The summed E-state index contributed by atoms with van der Waals surface area (Å²) in [5.41, 5.74) is 1.28. The fourth-order valence-corrected chi connectivity index (χ4v) is 2.02. The minimum absolute atomic E-state index is 0.244. The molecule has 0 bridgehead atoms. The summed E-state index contributed by atoms with van der Waals surface area (Å²) in [6, 6.07) is 12.9. The fourth-order valence-electron chi connectivity index (χ4n) is 1.50. The van der Waals surface area contributed by atoms with Gasteiger partial charge < -0.3 is 4.74 Å². The van der Waals surface area contributed by atoms with Gasteiger partial charge in [0.15, 0.2) is 6.29 Å². The average molecular weight is 281 g/mol. The molecule has 4 heteroatoms. The van der Waals surface area contributed by atoms with Crippen molar-refractivity contribution in [3.05, 3.63) is 63.6 Å². The molecule has 0 heterocycles. The van der Waals surface area contributed by atoms with Crippen molar-refractivity contribution in [3.63, 3.8) is 0 Å². The minimum Gasteiger partial charge on any atom is -0.487 e. The summed E-state index contributed by atoms with van der Waals surface area (Å²) in [5.74, 6) is 0.451. The van der Waals surface area contributed by atoms with Crippen LogP contribution in [0.15, 0.2) is 42.5 Å². The maximum atomic E-state index is 10.9. The second-order valence-corrected chi connectivity index (χ2v) is 4.45. The third-order valence-corrected chi connectivity index (χ3v) is 3.17. The first-order valence-corrected chi connectivity index (χ1v) is 6.08. The Morgan fingerprint density at radius 1 is 1.06 bits per heavy atom. The molecule has 2 aromatic carbocycles. The van der Waals surface area contributed by atoms with Gasteiger partial charge in [-0.25, -0.2) is 0 Å². The molecule has 0 spiro atoms. The third-order valence-electron chi connectivity index (χ3n) is 2.45. The van der Waals surface area contributed by atoms with E-state index in [0.29, 0.717) is 23.7 Å². The molecule has 2 aromatic rings. The van der Waals surface area contributed by atoms with Crippen molar-refractivity contribution in [2.45, 2.75) is 6.61 Å². The Morgan fingerprint density at radius 2 is 1.78 bits per heavy atom. The molecule has 0 unspecified atom stereocenters. The van der Waals surface area contributed by atoms with E-state index < -0.39 is 0 Å². The predicted molar refractivity (Wildman–Crippen MR) is 72.6 cm³/mol. The van der Waals surface area contributed by atoms with Crippen LogP contribution in [-0.4, -0.2) is 6.29 Å². The highest BCUT2D eigenvalue weighted by molar-refractivity contribution is 6.39. The van der Waals surface area contributed by atoms with Crippen molar-refractivity contribution >= 4 is 29.5 Å². The Labute approximate surface area is 115 Å². The van der Waals surface area contributed by atoms with E-state index in [1.165, 1.54) is 0 Å². The van der Waals surface area contributed by atoms with E-state index in [1.807, 2.05) is 30.3 Å². The SMILES string of the molecule is O=Cc1c(Cl)ccc(OCc2ccccc2)c1Cl. The van der Waals surface area contributed by atoms with Crippen molar-refractivity contribution < 1.29 is 9.53 Å². The molecule has 0 aliphatic carbocycles. The molecule has 92 valence electrons. The molecule has 0 amide bonds. The highest BCUT2D eigenvalue weighted by Gasteiger charge is 2.11. The van der Waals surface area contributed by atoms with Crippen molar-refractivity contribution in [2.75, 3.05) is 0 Å². The molecule has 0 radical (unpaired) electrons.